The molecule has 0 aromatic carbocycles. The van der Waals surface area contributed by atoms with Crippen LogP contribution in [0, 0.1) is 11.3 Å². The van der Waals surface area contributed by atoms with Gasteiger partial charge in [-0.3, -0.25) is 28.8 Å². The number of carboxylic acid groups (broad SMARTS) is 1. The van der Waals surface area contributed by atoms with E-state index in [1.807, 2.05) is 0 Å². The highest BCUT2D eigenvalue weighted by Gasteiger charge is 2.60. The van der Waals surface area contributed by atoms with Gasteiger partial charge in [0.25, 0.3) is 0 Å². The fourth-order valence-corrected chi connectivity index (χ4v) is 1.97. The summed E-state index contributed by atoms with van der Waals surface area (Å²) in [5, 5.41) is 8.85. The number of carboxylic acids is 1. The standard InChI is InChI=1S/C12H10O7/c1-5(13)9(11(18)19)10(17)12(6(2)14)7(15)3-4-8(12)16/h3-4,9H,1-2H3,(H,18,19). The van der Waals surface area contributed by atoms with Crippen LogP contribution in [0.2, 0.25) is 0 Å². The third kappa shape index (κ3) is 1.92. The normalized spacial score (nSPS) is 18.2. The number of carbonyl (C=O) groups excluding carboxylic acids is 5. The second kappa shape index (κ2) is 4.68. The summed E-state index contributed by atoms with van der Waals surface area (Å²) in [5.74, 6) is -9.87. The van der Waals surface area contributed by atoms with Crippen molar-refractivity contribution >= 4 is 34.9 Å². The molecule has 19 heavy (non-hydrogen) atoms. The van der Waals surface area contributed by atoms with Gasteiger partial charge < -0.3 is 5.11 Å². The molecule has 1 atom stereocenters. The van der Waals surface area contributed by atoms with Crippen LogP contribution in [0.15, 0.2) is 12.2 Å². The van der Waals surface area contributed by atoms with Crippen molar-refractivity contribution in [3.8, 4) is 0 Å². The zero-order valence-corrected chi connectivity index (χ0v) is 10.1. The number of Topliss-reactive ketones (excluding diaryl/α,β-unsaturated/α-hetero) is 3. The minimum atomic E-state index is -2.71. The molecule has 0 amide bonds. The molecule has 7 nitrogen and oxygen atoms in total. The Morgan fingerprint density at radius 1 is 1.05 bits per heavy atom. The van der Waals surface area contributed by atoms with Crippen molar-refractivity contribution < 1.29 is 33.9 Å². The molecule has 0 heterocycles. The lowest BCUT2D eigenvalue weighted by Gasteiger charge is -2.23. The van der Waals surface area contributed by atoms with Gasteiger partial charge in [0, 0.05) is 0 Å². The summed E-state index contributed by atoms with van der Waals surface area (Å²) >= 11 is 0. The molecule has 1 unspecified atom stereocenters. The molecule has 0 spiro atoms. The van der Waals surface area contributed by atoms with Crippen LogP contribution in [0.5, 0.6) is 0 Å². The summed E-state index contributed by atoms with van der Waals surface area (Å²) < 4.78 is 0. The highest BCUT2D eigenvalue weighted by molar-refractivity contribution is 6.48. The molecule has 0 bridgehead atoms. The summed E-state index contributed by atoms with van der Waals surface area (Å²) in [7, 11) is 0. The quantitative estimate of drug-likeness (QED) is 0.641. The van der Waals surface area contributed by atoms with Crippen LogP contribution in [0.25, 0.3) is 0 Å². The van der Waals surface area contributed by atoms with Crippen LogP contribution >= 0.6 is 0 Å². The number of rotatable bonds is 5. The lowest BCUT2D eigenvalue weighted by atomic mass is 9.71. The number of allylic oxidation sites excluding steroid dienone is 2. The molecule has 0 saturated carbocycles. The molecule has 1 aliphatic carbocycles. The Hall–Kier alpha value is -2.44. The van der Waals surface area contributed by atoms with E-state index in [0.29, 0.717) is 0 Å². The molecule has 1 N–H and O–H groups in total. The lowest BCUT2D eigenvalue weighted by molar-refractivity contribution is -0.156. The van der Waals surface area contributed by atoms with Crippen LogP contribution in [0.4, 0.5) is 0 Å². The van der Waals surface area contributed by atoms with Gasteiger partial charge in [0.05, 0.1) is 0 Å². The number of ketones is 5. The van der Waals surface area contributed by atoms with Gasteiger partial charge in [-0.05, 0) is 26.0 Å². The average Bonchev–Trinajstić information content (AvgIpc) is 2.54. The minimum absolute atomic E-state index is 0.737. The average molecular weight is 266 g/mol. The summed E-state index contributed by atoms with van der Waals surface area (Å²) in [6.07, 6.45) is 1.47. The molecule has 0 aromatic rings. The molecular formula is C12H10O7. The van der Waals surface area contributed by atoms with E-state index in [0.717, 1.165) is 26.0 Å². The Kier molecular flexibility index (Phi) is 3.60. The maximum Gasteiger partial charge on any atom is 0.321 e. The van der Waals surface area contributed by atoms with E-state index in [-0.39, 0.29) is 0 Å². The molecule has 0 aliphatic heterocycles. The number of aliphatic carboxylic acids is 1. The fraction of sp³-hybridized carbons (Fsp3) is 0.333. The van der Waals surface area contributed by atoms with Crippen molar-refractivity contribution in [2.24, 2.45) is 11.3 Å². The van der Waals surface area contributed by atoms with Gasteiger partial charge in [0.2, 0.25) is 5.41 Å². The third-order valence-corrected chi connectivity index (χ3v) is 2.94. The van der Waals surface area contributed by atoms with Crippen LogP contribution in [-0.2, 0) is 28.8 Å². The first-order valence-corrected chi connectivity index (χ1v) is 5.23. The maximum atomic E-state index is 12.1. The highest BCUT2D eigenvalue weighted by Crippen LogP contribution is 2.32. The van der Waals surface area contributed by atoms with Crippen molar-refractivity contribution in [3.63, 3.8) is 0 Å². The summed E-state index contributed by atoms with van der Waals surface area (Å²) in [5.41, 5.74) is -2.71. The Morgan fingerprint density at radius 3 is 1.74 bits per heavy atom. The SMILES string of the molecule is CC(=O)C(C(=O)O)C(=O)C1(C(C)=O)C(=O)C=CC1=O. The van der Waals surface area contributed by atoms with E-state index < -0.39 is 46.2 Å². The molecule has 0 saturated heterocycles. The smallest absolute Gasteiger partial charge is 0.321 e. The van der Waals surface area contributed by atoms with Gasteiger partial charge in [-0.2, -0.15) is 0 Å². The summed E-state index contributed by atoms with van der Waals surface area (Å²) in [6, 6.07) is 0. The number of hydrogen-bond acceptors (Lipinski definition) is 6. The van der Waals surface area contributed by atoms with E-state index >= 15 is 0 Å². The zero-order chi connectivity index (χ0) is 15.0. The summed E-state index contributed by atoms with van der Waals surface area (Å²) in [4.78, 5) is 69.2. The molecule has 1 aliphatic rings. The van der Waals surface area contributed by atoms with Crippen molar-refractivity contribution in [1.82, 2.24) is 0 Å². The van der Waals surface area contributed by atoms with Crippen molar-refractivity contribution in [3.05, 3.63) is 12.2 Å². The van der Waals surface area contributed by atoms with E-state index in [4.69, 9.17) is 5.11 Å². The van der Waals surface area contributed by atoms with Gasteiger partial charge in [0.1, 0.15) is 0 Å². The van der Waals surface area contributed by atoms with E-state index in [2.05, 4.69) is 0 Å². The van der Waals surface area contributed by atoms with Crippen molar-refractivity contribution in [2.75, 3.05) is 0 Å². The largest absolute Gasteiger partial charge is 0.480 e. The van der Waals surface area contributed by atoms with E-state index in [1.165, 1.54) is 0 Å². The maximum absolute atomic E-state index is 12.1. The Balaban J connectivity index is 3.45. The molecular weight excluding hydrogens is 256 g/mol. The molecule has 0 aromatic heterocycles. The molecule has 100 valence electrons. The van der Waals surface area contributed by atoms with Crippen LogP contribution < -0.4 is 0 Å². The highest BCUT2D eigenvalue weighted by atomic mass is 16.4. The van der Waals surface area contributed by atoms with Crippen LogP contribution in [-0.4, -0.2) is 40.0 Å². The van der Waals surface area contributed by atoms with Gasteiger partial charge in [-0.25, -0.2) is 0 Å². The van der Waals surface area contributed by atoms with Gasteiger partial charge in [-0.1, -0.05) is 0 Å². The van der Waals surface area contributed by atoms with E-state index in [1.54, 1.807) is 0 Å². The molecule has 7 heteroatoms. The van der Waals surface area contributed by atoms with Gasteiger partial charge >= 0.3 is 5.97 Å². The Morgan fingerprint density at radius 2 is 1.47 bits per heavy atom. The van der Waals surface area contributed by atoms with Crippen LogP contribution in [0.3, 0.4) is 0 Å². The number of carbonyl (C=O) groups is 6. The third-order valence-electron chi connectivity index (χ3n) is 2.94. The zero-order valence-electron chi connectivity index (χ0n) is 10.1. The molecule has 1 rings (SSSR count). The van der Waals surface area contributed by atoms with Gasteiger partial charge in [0.15, 0.2) is 34.8 Å². The fourth-order valence-electron chi connectivity index (χ4n) is 1.97. The van der Waals surface area contributed by atoms with Crippen molar-refractivity contribution in [2.45, 2.75) is 13.8 Å². The predicted octanol–water partition coefficient (Wildman–Crippen LogP) is -0.871. The summed E-state index contributed by atoms with van der Waals surface area (Å²) in [6.45, 7) is 1.67. The predicted molar refractivity (Wildman–Crippen MR) is 59.1 cm³/mol. The molecule has 0 radical (unpaired) electrons. The Labute approximate surface area is 107 Å². The second-order valence-electron chi connectivity index (χ2n) is 4.11. The van der Waals surface area contributed by atoms with Crippen LogP contribution in [0.1, 0.15) is 13.8 Å². The number of hydrogen-bond donors (Lipinski definition) is 1. The first-order valence-electron chi connectivity index (χ1n) is 5.23. The van der Waals surface area contributed by atoms with E-state index in [9.17, 15) is 28.8 Å². The lowest BCUT2D eigenvalue weighted by Crippen LogP contribution is -2.53. The first-order chi connectivity index (χ1) is 8.67. The first kappa shape index (κ1) is 14.6. The van der Waals surface area contributed by atoms with Gasteiger partial charge in [-0.15, -0.1) is 0 Å². The minimum Gasteiger partial charge on any atom is -0.480 e. The van der Waals surface area contributed by atoms with Crippen molar-refractivity contribution in [1.29, 1.82) is 0 Å². The second-order valence-corrected chi connectivity index (χ2v) is 4.11. The monoisotopic (exact) mass is 266 g/mol. The topological polar surface area (TPSA) is 123 Å². The Bertz CT molecular complexity index is 520. The molecule has 0 fully saturated rings.